The zero-order valence-corrected chi connectivity index (χ0v) is 10.4. The van der Waals surface area contributed by atoms with Crippen molar-refractivity contribution in [1.29, 1.82) is 5.26 Å². The van der Waals surface area contributed by atoms with E-state index in [1.54, 1.807) is 12.1 Å². The second-order valence-corrected chi connectivity index (χ2v) is 4.18. The molecule has 90 valence electrons. The van der Waals surface area contributed by atoms with Gasteiger partial charge in [0.2, 0.25) is 0 Å². The summed E-state index contributed by atoms with van der Waals surface area (Å²) in [6, 6.07) is 13.0. The molecule has 2 N–H and O–H groups in total. The molecule has 0 radical (unpaired) electrons. The smallest absolute Gasteiger partial charge is 0.145 e. The molecule has 3 heteroatoms. The Balaban J connectivity index is 2.41. The van der Waals surface area contributed by atoms with Gasteiger partial charge in [-0.15, -0.1) is 0 Å². The van der Waals surface area contributed by atoms with Gasteiger partial charge in [0, 0.05) is 5.69 Å². The van der Waals surface area contributed by atoms with E-state index in [-0.39, 0.29) is 0 Å². The molecular formula is C15H14N2O. The molecule has 0 aliphatic carbocycles. The third kappa shape index (κ3) is 2.28. The average Bonchev–Trinajstić information content (AvgIpc) is 2.36. The summed E-state index contributed by atoms with van der Waals surface area (Å²) >= 11 is 0. The largest absolute Gasteiger partial charge is 0.456 e. The maximum Gasteiger partial charge on any atom is 0.145 e. The second kappa shape index (κ2) is 4.80. The first-order valence-corrected chi connectivity index (χ1v) is 5.65. The third-order valence-electron chi connectivity index (χ3n) is 2.79. The topological polar surface area (TPSA) is 59.0 Å². The fourth-order valence-corrected chi connectivity index (χ4v) is 1.69. The van der Waals surface area contributed by atoms with Crippen LogP contribution in [0.4, 0.5) is 5.69 Å². The lowest BCUT2D eigenvalue weighted by molar-refractivity contribution is 0.477. The van der Waals surface area contributed by atoms with Crippen molar-refractivity contribution in [2.24, 2.45) is 0 Å². The van der Waals surface area contributed by atoms with E-state index in [1.807, 2.05) is 38.1 Å². The van der Waals surface area contributed by atoms with Crippen molar-refractivity contribution in [2.45, 2.75) is 13.8 Å². The number of rotatable bonds is 2. The van der Waals surface area contributed by atoms with Crippen LogP contribution in [0.1, 0.15) is 16.7 Å². The highest BCUT2D eigenvalue weighted by Gasteiger charge is 2.07. The summed E-state index contributed by atoms with van der Waals surface area (Å²) in [5.41, 5.74) is 9.01. The molecule has 0 spiro atoms. The minimum atomic E-state index is 0.520. The monoisotopic (exact) mass is 238 g/mol. The van der Waals surface area contributed by atoms with Crippen LogP contribution in [0.5, 0.6) is 11.5 Å². The highest BCUT2D eigenvalue weighted by molar-refractivity contribution is 5.55. The zero-order chi connectivity index (χ0) is 13.1. The Hall–Kier alpha value is -2.47. The van der Waals surface area contributed by atoms with Gasteiger partial charge < -0.3 is 10.5 Å². The van der Waals surface area contributed by atoms with Crippen molar-refractivity contribution in [2.75, 3.05) is 5.73 Å². The molecule has 0 amide bonds. The molecule has 2 aromatic carbocycles. The quantitative estimate of drug-likeness (QED) is 0.814. The van der Waals surface area contributed by atoms with Gasteiger partial charge in [-0.1, -0.05) is 12.1 Å². The molecule has 0 heterocycles. The van der Waals surface area contributed by atoms with Crippen LogP contribution in [0.15, 0.2) is 36.4 Å². The highest BCUT2D eigenvalue weighted by atomic mass is 16.5. The lowest BCUT2D eigenvalue weighted by Gasteiger charge is -2.12. The summed E-state index contributed by atoms with van der Waals surface area (Å²) in [6.07, 6.45) is 0. The first kappa shape index (κ1) is 12.0. The van der Waals surface area contributed by atoms with E-state index in [1.165, 1.54) is 0 Å². The number of benzene rings is 2. The van der Waals surface area contributed by atoms with E-state index in [0.29, 0.717) is 11.3 Å². The molecule has 0 fully saturated rings. The lowest BCUT2D eigenvalue weighted by Crippen LogP contribution is -1.95. The summed E-state index contributed by atoms with van der Waals surface area (Å²) in [5.74, 6) is 1.29. The highest BCUT2D eigenvalue weighted by Crippen LogP contribution is 2.30. The van der Waals surface area contributed by atoms with E-state index in [4.69, 9.17) is 15.7 Å². The number of anilines is 1. The van der Waals surface area contributed by atoms with Crippen LogP contribution in [0, 0.1) is 25.2 Å². The minimum Gasteiger partial charge on any atom is -0.456 e. The zero-order valence-electron chi connectivity index (χ0n) is 10.4. The summed E-state index contributed by atoms with van der Waals surface area (Å²) < 4.78 is 5.79. The molecule has 0 aliphatic heterocycles. The number of nitrogen functional groups attached to an aromatic ring is 1. The first-order valence-electron chi connectivity index (χ1n) is 5.65. The molecule has 0 saturated heterocycles. The number of para-hydroxylation sites is 1. The molecule has 0 unspecified atom stereocenters. The first-order chi connectivity index (χ1) is 8.61. The predicted molar refractivity (Wildman–Crippen MR) is 71.6 cm³/mol. The van der Waals surface area contributed by atoms with Crippen molar-refractivity contribution in [3.63, 3.8) is 0 Å². The summed E-state index contributed by atoms with van der Waals surface area (Å²) in [7, 11) is 0. The molecule has 0 atom stereocenters. The van der Waals surface area contributed by atoms with Gasteiger partial charge >= 0.3 is 0 Å². The van der Waals surface area contributed by atoms with Crippen LogP contribution < -0.4 is 10.5 Å². The molecular weight excluding hydrogens is 224 g/mol. The fourth-order valence-electron chi connectivity index (χ4n) is 1.69. The number of ether oxygens (including phenoxy) is 1. The van der Waals surface area contributed by atoms with Crippen molar-refractivity contribution < 1.29 is 4.74 Å². The second-order valence-electron chi connectivity index (χ2n) is 4.18. The Bertz CT molecular complexity index is 627. The standard InChI is InChI=1S/C15H14N2O/c1-10-8-15(11(2)7-13(10)17)18-14-6-4-3-5-12(14)9-16/h3-8H,17H2,1-2H3. The van der Waals surface area contributed by atoms with Crippen molar-refractivity contribution in [3.8, 4) is 17.6 Å². The number of nitrogens with zero attached hydrogens (tertiary/aromatic N) is 1. The average molecular weight is 238 g/mol. The number of nitrogens with two attached hydrogens (primary N) is 1. The molecule has 0 aromatic heterocycles. The van der Waals surface area contributed by atoms with Crippen LogP contribution in [-0.4, -0.2) is 0 Å². The van der Waals surface area contributed by atoms with Crippen LogP contribution in [-0.2, 0) is 0 Å². The van der Waals surface area contributed by atoms with Gasteiger partial charge in [0.1, 0.15) is 17.6 Å². The van der Waals surface area contributed by atoms with Gasteiger partial charge in [-0.3, -0.25) is 0 Å². The summed E-state index contributed by atoms with van der Waals surface area (Å²) in [6.45, 7) is 3.86. The molecule has 2 aromatic rings. The Morgan fingerprint density at radius 2 is 1.78 bits per heavy atom. The third-order valence-corrected chi connectivity index (χ3v) is 2.79. The minimum absolute atomic E-state index is 0.520. The van der Waals surface area contributed by atoms with Crippen LogP contribution in [0.3, 0.4) is 0 Å². The number of hydrogen-bond donors (Lipinski definition) is 1. The summed E-state index contributed by atoms with van der Waals surface area (Å²) in [4.78, 5) is 0. The molecule has 0 bridgehead atoms. The number of aryl methyl sites for hydroxylation is 2. The van der Waals surface area contributed by atoms with Crippen molar-refractivity contribution >= 4 is 5.69 Å². The Morgan fingerprint density at radius 1 is 1.06 bits per heavy atom. The van der Waals surface area contributed by atoms with E-state index < -0.39 is 0 Å². The molecule has 18 heavy (non-hydrogen) atoms. The normalized spacial score (nSPS) is 9.83. The van der Waals surface area contributed by atoms with Crippen molar-refractivity contribution in [1.82, 2.24) is 0 Å². The molecule has 0 saturated carbocycles. The molecule has 0 aliphatic rings. The molecule has 3 nitrogen and oxygen atoms in total. The van der Waals surface area contributed by atoms with Gasteiger partial charge in [0.15, 0.2) is 0 Å². The lowest BCUT2D eigenvalue weighted by atomic mass is 10.1. The maximum absolute atomic E-state index is 9.01. The van der Waals surface area contributed by atoms with Gasteiger partial charge in [-0.2, -0.15) is 5.26 Å². The predicted octanol–water partition coefficient (Wildman–Crippen LogP) is 3.55. The molecule has 2 rings (SSSR count). The SMILES string of the molecule is Cc1cc(Oc2ccccc2C#N)c(C)cc1N. The van der Waals surface area contributed by atoms with E-state index in [9.17, 15) is 0 Å². The number of hydrogen-bond acceptors (Lipinski definition) is 3. The maximum atomic E-state index is 9.01. The van der Waals surface area contributed by atoms with E-state index >= 15 is 0 Å². The summed E-state index contributed by atoms with van der Waals surface area (Å²) in [5, 5.41) is 9.01. The van der Waals surface area contributed by atoms with Crippen LogP contribution in [0.25, 0.3) is 0 Å². The van der Waals surface area contributed by atoms with Crippen LogP contribution >= 0.6 is 0 Å². The fraction of sp³-hybridized carbons (Fsp3) is 0.133. The van der Waals surface area contributed by atoms with E-state index in [0.717, 1.165) is 22.6 Å². The van der Waals surface area contributed by atoms with Gasteiger partial charge in [-0.05, 0) is 49.2 Å². The van der Waals surface area contributed by atoms with Crippen molar-refractivity contribution in [3.05, 3.63) is 53.1 Å². The van der Waals surface area contributed by atoms with Gasteiger partial charge in [0.05, 0.1) is 5.56 Å². The van der Waals surface area contributed by atoms with Gasteiger partial charge in [-0.25, -0.2) is 0 Å². The van der Waals surface area contributed by atoms with Gasteiger partial charge in [0.25, 0.3) is 0 Å². The Labute approximate surface area is 106 Å². The number of nitriles is 1. The van der Waals surface area contributed by atoms with Crippen LogP contribution in [0.2, 0.25) is 0 Å². The Kier molecular flexibility index (Phi) is 3.20. The Morgan fingerprint density at radius 3 is 2.50 bits per heavy atom. The van der Waals surface area contributed by atoms with E-state index in [2.05, 4.69) is 6.07 Å².